The van der Waals surface area contributed by atoms with Crippen LogP contribution in [0.3, 0.4) is 0 Å². The molecule has 0 bridgehead atoms. The minimum absolute atomic E-state index is 0.0820. The average Bonchev–Trinajstić information content (AvgIpc) is 3.20. The molecule has 7 heteroatoms. The lowest BCUT2D eigenvalue weighted by Gasteiger charge is -2.26. The van der Waals surface area contributed by atoms with Crippen LogP contribution in [0.15, 0.2) is 42.6 Å². The van der Waals surface area contributed by atoms with Gasteiger partial charge in [-0.05, 0) is 39.0 Å². The number of aromatic nitrogens is 3. The van der Waals surface area contributed by atoms with Crippen molar-refractivity contribution < 1.29 is 14.3 Å². The summed E-state index contributed by atoms with van der Waals surface area (Å²) in [6, 6.07) is 11.5. The quantitative estimate of drug-likeness (QED) is 0.665. The van der Waals surface area contributed by atoms with E-state index in [1.165, 1.54) is 0 Å². The highest BCUT2D eigenvalue weighted by Gasteiger charge is 2.35. The summed E-state index contributed by atoms with van der Waals surface area (Å²) in [5, 5.41) is 5.35. The molecular formula is C22H26N4O3. The van der Waals surface area contributed by atoms with Crippen molar-refractivity contribution in [2.45, 2.75) is 39.2 Å². The molecule has 3 heterocycles. The number of aryl methyl sites for hydroxylation is 2. The standard InChI is InChI=1S/C22H26N4O3/c1-15-11-17(25(4)24-15)12-26(13-18-14-28-22(2,3)29-18)21(27)19-9-5-7-16-8-6-10-23-20(16)19/h5-11,18H,12-14H2,1-4H3/t18-/m1/s1. The zero-order chi connectivity index (χ0) is 20.6. The van der Waals surface area contributed by atoms with E-state index < -0.39 is 5.79 Å². The fourth-order valence-corrected chi connectivity index (χ4v) is 3.77. The number of fused-ring (bicyclic) bond motifs is 1. The number of carbonyl (C=O) groups is 1. The molecule has 0 unspecified atom stereocenters. The lowest BCUT2D eigenvalue weighted by atomic mass is 10.1. The first-order valence-corrected chi connectivity index (χ1v) is 9.77. The molecule has 0 spiro atoms. The second-order valence-corrected chi connectivity index (χ2v) is 7.92. The Balaban J connectivity index is 1.66. The van der Waals surface area contributed by atoms with Crippen LogP contribution < -0.4 is 0 Å². The van der Waals surface area contributed by atoms with Crippen molar-refractivity contribution in [1.82, 2.24) is 19.7 Å². The van der Waals surface area contributed by atoms with Crippen LogP contribution in [0, 0.1) is 6.92 Å². The minimum Gasteiger partial charge on any atom is -0.348 e. The molecule has 29 heavy (non-hydrogen) atoms. The number of amides is 1. The SMILES string of the molecule is Cc1cc(CN(C[C@@H]2COC(C)(C)O2)C(=O)c2cccc3cccnc23)n(C)n1. The third-order valence-electron chi connectivity index (χ3n) is 5.09. The number of pyridine rings is 1. The second kappa shape index (κ2) is 7.57. The Bertz CT molecular complexity index is 1040. The third-order valence-corrected chi connectivity index (χ3v) is 5.09. The lowest BCUT2D eigenvalue weighted by Crippen LogP contribution is -2.39. The number of hydrogen-bond donors (Lipinski definition) is 0. The Hall–Kier alpha value is -2.77. The van der Waals surface area contributed by atoms with Gasteiger partial charge in [-0.25, -0.2) is 0 Å². The van der Waals surface area contributed by atoms with Crippen molar-refractivity contribution in [3.05, 3.63) is 59.5 Å². The smallest absolute Gasteiger partial charge is 0.256 e. The molecule has 0 radical (unpaired) electrons. The van der Waals surface area contributed by atoms with Gasteiger partial charge in [-0.3, -0.25) is 14.5 Å². The molecule has 1 aliphatic rings. The molecule has 7 nitrogen and oxygen atoms in total. The molecule has 1 fully saturated rings. The van der Waals surface area contributed by atoms with E-state index >= 15 is 0 Å². The second-order valence-electron chi connectivity index (χ2n) is 7.92. The molecule has 1 amide bonds. The zero-order valence-electron chi connectivity index (χ0n) is 17.3. The van der Waals surface area contributed by atoms with E-state index in [4.69, 9.17) is 9.47 Å². The number of ether oxygens (including phenoxy) is 2. The normalized spacial score (nSPS) is 18.3. The third kappa shape index (κ3) is 4.16. The Morgan fingerprint density at radius 2 is 2.10 bits per heavy atom. The first kappa shape index (κ1) is 19.5. The molecule has 2 aromatic heterocycles. The maximum Gasteiger partial charge on any atom is 0.256 e. The van der Waals surface area contributed by atoms with Gasteiger partial charge in [-0.1, -0.05) is 18.2 Å². The number of rotatable bonds is 5. The van der Waals surface area contributed by atoms with Gasteiger partial charge in [-0.15, -0.1) is 0 Å². The van der Waals surface area contributed by atoms with Gasteiger partial charge in [0.2, 0.25) is 0 Å². The number of carbonyl (C=O) groups excluding carboxylic acids is 1. The van der Waals surface area contributed by atoms with Gasteiger partial charge in [0.05, 0.1) is 42.2 Å². The summed E-state index contributed by atoms with van der Waals surface area (Å²) >= 11 is 0. The monoisotopic (exact) mass is 394 g/mol. The molecule has 0 aliphatic carbocycles. The summed E-state index contributed by atoms with van der Waals surface area (Å²) in [5.41, 5.74) is 3.17. The van der Waals surface area contributed by atoms with Gasteiger partial charge in [0, 0.05) is 18.6 Å². The van der Waals surface area contributed by atoms with E-state index in [0.29, 0.717) is 30.8 Å². The highest BCUT2D eigenvalue weighted by Crippen LogP contribution is 2.25. The van der Waals surface area contributed by atoms with Crippen molar-refractivity contribution in [1.29, 1.82) is 0 Å². The summed E-state index contributed by atoms with van der Waals surface area (Å²) in [4.78, 5) is 19.8. The fourth-order valence-electron chi connectivity index (χ4n) is 3.77. The zero-order valence-corrected chi connectivity index (χ0v) is 17.3. The molecule has 3 aromatic rings. The Morgan fingerprint density at radius 3 is 2.79 bits per heavy atom. The number of para-hydroxylation sites is 1. The maximum atomic E-state index is 13.6. The average molecular weight is 394 g/mol. The lowest BCUT2D eigenvalue weighted by molar-refractivity contribution is -0.139. The molecule has 0 N–H and O–H groups in total. The van der Waals surface area contributed by atoms with E-state index in [0.717, 1.165) is 16.8 Å². The summed E-state index contributed by atoms with van der Waals surface area (Å²) in [7, 11) is 1.89. The van der Waals surface area contributed by atoms with E-state index in [-0.39, 0.29) is 12.0 Å². The molecule has 1 aliphatic heterocycles. The predicted octanol–water partition coefficient (Wildman–Crippen LogP) is 3.07. The molecule has 4 rings (SSSR count). The van der Waals surface area contributed by atoms with Crippen LogP contribution in [0.1, 0.15) is 35.6 Å². The Morgan fingerprint density at radius 1 is 1.31 bits per heavy atom. The van der Waals surface area contributed by atoms with Crippen LogP contribution in [0.4, 0.5) is 0 Å². The highest BCUT2D eigenvalue weighted by atomic mass is 16.7. The van der Waals surface area contributed by atoms with E-state index in [1.807, 2.05) is 68.9 Å². The topological polar surface area (TPSA) is 69.5 Å². The van der Waals surface area contributed by atoms with Gasteiger partial charge >= 0.3 is 0 Å². The largest absolute Gasteiger partial charge is 0.348 e. The first-order chi connectivity index (χ1) is 13.8. The van der Waals surface area contributed by atoms with Crippen molar-refractivity contribution >= 4 is 16.8 Å². The molecular weight excluding hydrogens is 368 g/mol. The van der Waals surface area contributed by atoms with Crippen molar-refractivity contribution in [3.63, 3.8) is 0 Å². The molecule has 1 atom stereocenters. The number of hydrogen-bond acceptors (Lipinski definition) is 5. The first-order valence-electron chi connectivity index (χ1n) is 9.77. The van der Waals surface area contributed by atoms with Gasteiger partial charge in [0.15, 0.2) is 5.79 Å². The predicted molar refractivity (Wildman–Crippen MR) is 109 cm³/mol. The van der Waals surface area contributed by atoms with Crippen LogP contribution in [0.2, 0.25) is 0 Å². The number of benzene rings is 1. The van der Waals surface area contributed by atoms with E-state index in [2.05, 4.69) is 10.1 Å². The summed E-state index contributed by atoms with van der Waals surface area (Å²) in [6.07, 6.45) is 1.52. The van der Waals surface area contributed by atoms with Gasteiger partial charge in [-0.2, -0.15) is 5.10 Å². The Kier molecular flexibility index (Phi) is 5.10. The molecule has 1 aromatic carbocycles. The Labute approximate surface area is 170 Å². The number of nitrogens with zero attached hydrogens (tertiary/aromatic N) is 4. The van der Waals surface area contributed by atoms with Crippen LogP contribution in [-0.4, -0.2) is 50.6 Å². The van der Waals surface area contributed by atoms with Gasteiger partial charge in [0.25, 0.3) is 5.91 Å². The van der Waals surface area contributed by atoms with E-state index in [1.54, 1.807) is 11.1 Å². The molecule has 152 valence electrons. The minimum atomic E-state index is -0.635. The van der Waals surface area contributed by atoms with Crippen LogP contribution in [0.5, 0.6) is 0 Å². The summed E-state index contributed by atoms with van der Waals surface area (Å²) < 4.78 is 13.5. The van der Waals surface area contributed by atoms with Crippen LogP contribution in [-0.2, 0) is 23.1 Å². The summed E-state index contributed by atoms with van der Waals surface area (Å²) in [6.45, 7) is 7.03. The van der Waals surface area contributed by atoms with Crippen LogP contribution in [0.25, 0.3) is 10.9 Å². The van der Waals surface area contributed by atoms with Gasteiger partial charge in [0.1, 0.15) is 6.10 Å². The van der Waals surface area contributed by atoms with Gasteiger partial charge < -0.3 is 14.4 Å². The van der Waals surface area contributed by atoms with E-state index in [9.17, 15) is 4.79 Å². The van der Waals surface area contributed by atoms with Crippen LogP contribution >= 0.6 is 0 Å². The fraction of sp³-hybridized carbons (Fsp3) is 0.409. The highest BCUT2D eigenvalue weighted by molar-refractivity contribution is 6.05. The van der Waals surface area contributed by atoms with Crippen molar-refractivity contribution in [2.75, 3.05) is 13.2 Å². The van der Waals surface area contributed by atoms with Crippen molar-refractivity contribution in [3.8, 4) is 0 Å². The molecule has 0 saturated carbocycles. The summed E-state index contributed by atoms with van der Waals surface area (Å²) in [5.74, 6) is -0.717. The maximum absolute atomic E-state index is 13.6. The van der Waals surface area contributed by atoms with Crippen molar-refractivity contribution in [2.24, 2.45) is 7.05 Å². The molecule has 1 saturated heterocycles.